The Bertz CT molecular complexity index is 628. The van der Waals surface area contributed by atoms with Crippen molar-refractivity contribution in [2.24, 2.45) is 0 Å². The van der Waals surface area contributed by atoms with Crippen LogP contribution in [0.1, 0.15) is 44.9 Å². The van der Waals surface area contributed by atoms with Crippen molar-refractivity contribution in [2.75, 3.05) is 38.2 Å². The zero-order chi connectivity index (χ0) is 19.2. The quantitative estimate of drug-likeness (QED) is 0.576. The molecule has 1 aliphatic heterocycles. The number of nitro groups is 1. The second-order valence-corrected chi connectivity index (χ2v) is 7.59. The molecule has 1 saturated heterocycles. The van der Waals surface area contributed by atoms with Crippen LogP contribution >= 0.6 is 0 Å². The maximum atomic E-state index is 11.4. The third-order valence-corrected chi connectivity index (χ3v) is 5.73. The van der Waals surface area contributed by atoms with Crippen LogP contribution in [0.4, 0.5) is 11.4 Å². The van der Waals surface area contributed by atoms with Gasteiger partial charge in [0.25, 0.3) is 0 Å². The van der Waals surface area contributed by atoms with E-state index in [0.717, 1.165) is 45.3 Å². The first-order valence-corrected chi connectivity index (χ1v) is 9.95. The van der Waals surface area contributed by atoms with Gasteiger partial charge in [-0.25, -0.2) is 4.98 Å². The van der Waals surface area contributed by atoms with E-state index in [0.29, 0.717) is 18.2 Å². The predicted molar refractivity (Wildman–Crippen MR) is 103 cm³/mol. The maximum absolute atomic E-state index is 11.4. The van der Waals surface area contributed by atoms with E-state index in [9.17, 15) is 15.2 Å². The van der Waals surface area contributed by atoms with E-state index in [1.807, 2.05) is 11.9 Å². The number of nitrogens with zero attached hydrogens (tertiary/aromatic N) is 4. The molecular weight excluding hydrogens is 348 g/mol. The Morgan fingerprint density at radius 2 is 2.00 bits per heavy atom. The summed E-state index contributed by atoms with van der Waals surface area (Å²) in [6.45, 7) is 3.60. The SMILES string of the molecule is CN(c1cc(OCCN2CCCCC2)ncc1[N+](=O)[O-])C1CCC(O)CC1. The van der Waals surface area contributed by atoms with Crippen molar-refractivity contribution in [1.29, 1.82) is 0 Å². The highest BCUT2D eigenvalue weighted by molar-refractivity contribution is 5.64. The van der Waals surface area contributed by atoms with Gasteiger partial charge in [0.15, 0.2) is 0 Å². The maximum Gasteiger partial charge on any atom is 0.310 e. The van der Waals surface area contributed by atoms with Gasteiger partial charge in [0.1, 0.15) is 18.5 Å². The minimum absolute atomic E-state index is 0.00741. The molecule has 0 unspecified atom stereocenters. The number of aliphatic hydroxyl groups is 1. The lowest BCUT2D eigenvalue weighted by molar-refractivity contribution is -0.384. The largest absolute Gasteiger partial charge is 0.476 e. The lowest BCUT2D eigenvalue weighted by Gasteiger charge is -2.34. The number of aliphatic hydroxyl groups excluding tert-OH is 1. The molecule has 1 aromatic heterocycles. The molecule has 8 nitrogen and oxygen atoms in total. The summed E-state index contributed by atoms with van der Waals surface area (Å²) >= 11 is 0. The highest BCUT2D eigenvalue weighted by Gasteiger charge is 2.28. The van der Waals surface area contributed by atoms with Crippen LogP contribution in [-0.4, -0.2) is 65.3 Å². The summed E-state index contributed by atoms with van der Waals surface area (Å²) in [5, 5.41) is 21.2. The van der Waals surface area contributed by atoms with E-state index in [2.05, 4.69) is 9.88 Å². The van der Waals surface area contributed by atoms with Crippen LogP contribution in [0.5, 0.6) is 5.88 Å². The Hall–Kier alpha value is -1.93. The van der Waals surface area contributed by atoms with E-state index in [4.69, 9.17) is 4.74 Å². The Morgan fingerprint density at radius 1 is 1.30 bits per heavy atom. The van der Waals surface area contributed by atoms with Crippen molar-refractivity contribution < 1.29 is 14.8 Å². The summed E-state index contributed by atoms with van der Waals surface area (Å²) in [5.74, 6) is 0.426. The number of ether oxygens (including phenoxy) is 1. The van der Waals surface area contributed by atoms with Gasteiger partial charge in [-0.1, -0.05) is 6.42 Å². The molecule has 0 bridgehead atoms. The molecule has 3 rings (SSSR count). The van der Waals surface area contributed by atoms with E-state index in [-0.39, 0.29) is 17.8 Å². The number of likely N-dealkylation sites (tertiary alicyclic amines) is 1. The van der Waals surface area contributed by atoms with Crippen LogP contribution in [0.3, 0.4) is 0 Å². The molecule has 1 aliphatic carbocycles. The van der Waals surface area contributed by atoms with Crippen molar-refractivity contribution >= 4 is 11.4 Å². The molecule has 0 atom stereocenters. The Labute approximate surface area is 160 Å². The second-order valence-electron chi connectivity index (χ2n) is 7.59. The zero-order valence-electron chi connectivity index (χ0n) is 16.0. The summed E-state index contributed by atoms with van der Waals surface area (Å²) in [4.78, 5) is 19.5. The lowest BCUT2D eigenvalue weighted by atomic mass is 9.92. The average Bonchev–Trinajstić information content (AvgIpc) is 2.68. The molecule has 150 valence electrons. The normalized spacial score (nSPS) is 23.8. The molecule has 27 heavy (non-hydrogen) atoms. The molecule has 2 fully saturated rings. The number of piperidine rings is 1. The monoisotopic (exact) mass is 378 g/mol. The van der Waals surface area contributed by atoms with Crippen molar-refractivity contribution in [3.05, 3.63) is 22.4 Å². The first-order valence-electron chi connectivity index (χ1n) is 9.95. The number of aromatic nitrogens is 1. The van der Waals surface area contributed by atoms with E-state index < -0.39 is 4.92 Å². The van der Waals surface area contributed by atoms with Crippen molar-refractivity contribution in [2.45, 2.75) is 57.1 Å². The standard InChI is InChI=1S/C19H30N4O4/c1-21(15-5-7-16(24)8-6-15)17-13-19(20-14-18(17)23(25)26)27-12-11-22-9-3-2-4-10-22/h13-16,24H,2-12H2,1H3. The number of hydrogen-bond acceptors (Lipinski definition) is 7. The third kappa shape index (κ3) is 5.29. The van der Waals surface area contributed by atoms with Crippen LogP contribution in [0, 0.1) is 10.1 Å². The zero-order valence-corrected chi connectivity index (χ0v) is 16.0. The summed E-state index contributed by atoms with van der Waals surface area (Å²) in [6, 6.07) is 1.86. The van der Waals surface area contributed by atoms with Crippen molar-refractivity contribution in [3.63, 3.8) is 0 Å². The van der Waals surface area contributed by atoms with Gasteiger partial charge in [-0.05, 0) is 51.6 Å². The van der Waals surface area contributed by atoms with Gasteiger partial charge in [0, 0.05) is 25.7 Å². The Morgan fingerprint density at radius 3 is 2.67 bits per heavy atom. The van der Waals surface area contributed by atoms with Crippen LogP contribution < -0.4 is 9.64 Å². The molecule has 0 radical (unpaired) electrons. The van der Waals surface area contributed by atoms with E-state index in [1.165, 1.54) is 25.5 Å². The molecule has 8 heteroatoms. The van der Waals surface area contributed by atoms with Gasteiger partial charge in [-0.2, -0.15) is 0 Å². The molecule has 0 amide bonds. The van der Waals surface area contributed by atoms with Crippen LogP contribution in [0.25, 0.3) is 0 Å². The Balaban J connectivity index is 1.65. The third-order valence-electron chi connectivity index (χ3n) is 5.73. The van der Waals surface area contributed by atoms with Crippen LogP contribution in [-0.2, 0) is 0 Å². The molecule has 0 spiro atoms. The van der Waals surface area contributed by atoms with Crippen LogP contribution in [0.2, 0.25) is 0 Å². The second kappa shape index (κ2) is 9.32. The highest BCUT2D eigenvalue weighted by atomic mass is 16.6. The molecule has 0 aromatic carbocycles. The number of pyridine rings is 1. The number of hydrogen-bond donors (Lipinski definition) is 1. The van der Waals surface area contributed by atoms with Crippen molar-refractivity contribution in [1.82, 2.24) is 9.88 Å². The molecular formula is C19H30N4O4. The summed E-state index contributed by atoms with van der Waals surface area (Å²) < 4.78 is 5.80. The first kappa shape index (κ1) is 19.8. The van der Waals surface area contributed by atoms with Gasteiger partial charge in [0.2, 0.25) is 5.88 Å². The average molecular weight is 378 g/mol. The smallest absolute Gasteiger partial charge is 0.310 e. The van der Waals surface area contributed by atoms with Gasteiger partial charge in [-0.15, -0.1) is 0 Å². The van der Waals surface area contributed by atoms with E-state index >= 15 is 0 Å². The minimum atomic E-state index is -0.395. The molecule has 2 heterocycles. The Kier molecular flexibility index (Phi) is 6.84. The van der Waals surface area contributed by atoms with Crippen molar-refractivity contribution in [3.8, 4) is 5.88 Å². The first-order chi connectivity index (χ1) is 13.0. The lowest BCUT2D eigenvalue weighted by Crippen LogP contribution is -2.36. The fourth-order valence-electron chi connectivity index (χ4n) is 4.03. The molecule has 1 saturated carbocycles. The number of anilines is 1. The van der Waals surface area contributed by atoms with Gasteiger partial charge >= 0.3 is 5.69 Å². The molecule has 1 aromatic rings. The summed E-state index contributed by atoms with van der Waals surface area (Å²) in [7, 11) is 1.88. The highest BCUT2D eigenvalue weighted by Crippen LogP contribution is 2.34. The minimum Gasteiger partial charge on any atom is -0.476 e. The van der Waals surface area contributed by atoms with Gasteiger partial charge < -0.3 is 14.7 Å². The summed E-state index contributed by atoms with van der Waals surface area (Å²) in [6.07, 6.45) is 7.91. The number of rotatable bonds is 7. The van der Waals surface area contributed by atoms with Crippen LogP contribution in [0.15, 0.2) is 12.3 Å². The fraction of sp³-hybridized carbons (Fsp3) is 0.737. The predicted octanol–water partition coefficient (Wildman–Crippen LogP) is 2.59. The fourth-order valence-corrected chi connectivity index (χ4v) is 4.03. The van der Waals surface area contributed by atoms with Gasteiger partial charge in [0.05, 0.1) is 11.0 Å². The molecule has 2 aliphatic rings. The topological polar surface area (TPSA) is 92.0 Å². The molecule has 1 N–H and O–H groups in total. The summed E-state index contributed by atoms with van der Waals surface area (Å²) in [5.41, 5.74) is 0.524. The van der Waals surface area contributed by atoms with E-state index in [1.54, 1.807) is 6.07 Å². The van der Waals surface area contributed by atoms with Gasteiger partial charge in [-0.3, -0.25) is 15.0 Å².